The monoisotopic (exact) mass is 344 g/mol. The van der Waals surface area contributed by atoms with E-state index in [-0.39, 0.29) is 30.3 Å². The van der Waals surface area contributed by atoms with Crippen molar-refractivity contribution in [3.8, 4) is 0 Å². The normalized spacial score (nSPS) is 27.0. The fraction of sp³-hybridized carbons (Fsp3) is 0.786. The van der Waals surface area contributed by atoms with Crippen LogP contribution in [0, 0.1) is 5.92 Å². The molecular formula is C14H21ClN4O2S. The third-order valence-electron chi connectivity index (χ3n) is 5.04. The molecule has 2 heterocycles. The molecule has 0 radical (unpaired) electrons. The Morgan fingerprint density at radius 2 is 2.14 bits per heavy atom. The van der Waals surface area contributed by atoms with Gasteiger partial charge in [0, 0.05) is 11.7 Å². The average molecular weight is 345 g/mol. The third-order valence-corrected chi connectivity index (χ3v) is 6.05. The van der Waals surface area contributed by atoms with Gasteiger partial charge in [-0.3, -0.25) is 4.79 Å². The Morgan fingerprint density at radius 1 is 1.36 bits per heavy atom. The zero-order chi connectivity index (χ0) is 14.4. The smallest absolute Gasteiger partial charge is 0.250 e. The van der Waals surface area contributed by atoms with Crippen molar-refractivity contribution in [2.75, 3.05) is 11.6 Å². The Kier molecular flexibility index (Phi) is 4.40. The molecule has 1 unspecified atom stereocenters. The number of amides is 1. The van der Waals surface area contributed by atoms with E-state index in [0.717, 1.165) is 43.7 Å². The highest BCUT2D eigenvalue weighted by Gasteiger charge is 2.42. The summed E-state index contributed by atoms with van der Waals surface area (Å²) in [6, 6.07) is -0.0759. The summed E-state index contributed by atoms with van der Waals surface area (Å²) in [5.41, 5.74) is 5.83. The number of nitrogens with zero attached hydrogens (tertiary/aromatic N) is 3. The molecule has 0 spiro atoms. The molecule has 2 aliphatic carbocycles. The number of aromatic nitrogens is 2. The first kappa shape index (κ1) is 16.1. The van der Waals surface area contributed by atoms with Gasteiger partial charge in [0.2, 0.25) is 11.8 Å². The van der Waals surface area contributed by atoms with Crippen LogP contribution in [0.15, 0.2) is 4.52 Å². The second-order valence-electron chi connectivity index (χ2n) is 6.42. The highest BCUT2D eigenvalue weighted by atomic mass is 35.5. The molecule has 0 aromatic carbocycles. The average Bonchev–Trinajstić information content (AvgIpc) is 3.02. The van der Waals surface area contributed by atoms with Crippen LogP contribution in [0.4, 0.5) is 0 Å². The Balaban J connectivity index is 0.00000144. The highest BCUT2D eigenvalue weighted by Crippen LogP contribution is 2.40. The molecule has 122 valence electrons. The Bertz CT molecular complexity index is 559. The molecule has 4 rings (SSSR count). The van der Waals surface area contributed by atoms with Crippen molar-refractivity contribution >= 4 is 30.1 Å². The Hall–Kier alpha value is -0.790. The largest absolute Gasteiger partial charge is 0.337 e. The maximum absolute atomic E-state index is 12.5. The summed E-state index contributed by atoms with van der Waals surface area (Å²) in [7, 11) is 0. The number of carbonyl (C=O) groups is 1. The number of hydrogen-bond acceptors (Lipinski definition) is 6. The lowest BCUT2D eigenvalue weighted by molar-refractivity contribution is -0.139. The van der Waals surface area contributed by atoms with Crippen LogP contribution in [-0.2, 0) is 10.3 Å². The van der Waals surface area contributed by atoms with Crippen LogP contribution in [-0.4, -0.2) is 32.6 Å². The van der Waals surface area contributed by atoms with Gasteiger partial charge in [-0.25, -0.2) is 0 Å². The van der Waals surface area contributed by atoms with E-state index in [4.69, 9.17) is 10.3 Å². The van der Waals surface area contributed by atoms with E-state index in [1.165, 1.54) is 6.42 Å². The number of rotatable bonds is 3. The van der Waals surface area contributed by atoms with Crippen molar-refractivity contribution in [2.45, 2.75) is 50.1 Å². The number of halogens is 1. The lowest BCUT2D eigenvalue weighted by Crippen LogP contribution is -2.44. The van der Waals surface area contributed by atoms with E-state index in [9.17, 15) is 4.79 Å². The molecule has 1 amide bonds. The van der Waals surface area contributed by atoms with Crippen molar-refractivity contribution in [3.05, 3.63) is 11.7 Å². The first-order valence-electron chi connectivity index (χ1n) is 7.68. The molecule has 1 aliphatic heterocycles. The first-order chi connectivity index (χ1) is 10.2. The Labute approximate surface area is 140 Å². The van der Waals surface area contributed by atoms with Gasteiger partial charge in [-0.15, -0.1) is 24.2 Å². The van der Waals surface area contributed by atoms with Crippen molar-refractivity contribution in [1.29, 1.82) is 0 Å². The molecule has 1 atom stereocenters. The summed E-state index contributed by atoms with van der Waals surface area (Å²) >= 11 is 1.75. The van der Waals surface area contributed by atoms with E-state index in [0.29, 0.717) is 11.7 Å². The van der Waals surface area contributed by atoms with Gasteiger partial charge >= 0.3 is 0 Å². The van der Waals surface area contributed by atoms with Gasteiger partial charge in [-0.1, -0.05) is 11.6 Å². The molecule has 22 heavy (non-hydrogen) atoms. The molecular weight excluding hydrogens is 324 g/mol. The highest BCUT2D eigenvalue weighted by molar-refractivity contribution is 7.99. The van der Waals surface area contributed by atoms with Crippen LogP contribution in [0.5, 0.6) is 0 Å². The number of carbonyl (C=O) groups excluding carboxylic acids is 1. The van der Waals surface area contributed by atoms with Crippen LogP contribution in [0.2, 0.25) is 0 Å². The summed E-state index contributed by atoms with van der Waals surface area (Å²) in [5, 5.41) is 4.07. The molecule has 3 fully saturated rings. The van der Waals surface area contributed by atoms with Crippen molar-refractivity contribution < 1.29 is 9.32 Å². The van der Waals surface area contributed by atoms with E-state index in [2.05, 4.69) is 10.1 Å². The zero-order valence-corrected chi connectivity index (χ0v) is 14.0. The lowest BCUT2D eigenvalue weighted by atomic mass is 9.77. The molecule has 1 aromatic heterocycles. The SMILES string of the molecule is Cl.NC1(c2noc(C3CSCN3C(=O)C3CCC3)n2)CCC1. The Morgan fingerprint density at radius 3 is 2.73 bits per heavy atom. The molecule has 0 bridgehead atoms. The molecule has 8 heteroatoms. The van der Waals surface area contributed by atoms with Crippen LogP contribution < -0.4 is 5.73 Å². The van der Waals surface area contributed by atoms with Crippen LogP contribution >= 0.6 is 24.2 Å². The number of nitrogens with two attached hydrogens (primary N) is 1. The van der Waals surface area contributed by atoms with E-state index < -0.39 is 5.54 Å². The summed E-state index contributed by atoms with van der Waals surface area (Å²) in [6.07, 6.45) is 6.15. The van der Waals surface area contributed by atoms with Gasteiger partial charge in [-0.05, 0) is 32.1 Å². The van der Waals surface area contributed by atoms with Crippen LogP contribution in [0.1, 0.15) is 56.3 Å². The fourth-order valence-corrected chi connectivity index (χ4v) is 4.26. The van der Waals surface area contributed by atoms with Crippen LogP contribution in [0.25, 0.3) is 0 Å². The van der Waals surface area contributed by atoms with Crippen molar-refractivity contribution in [2.24, 2.45) is 11.7 Å². The minimum Gasteiger partial charge on any atom is -0.337 e. The topological polar surface area (TPSA) is 85.2 Å². The van der Waals surface area contributed by atoms with Crippen LogP contribution in [0.3, 0.4) is 0 Å². The fourth-order valence-electron chi connectivity index (χ4n) is 3.11. The van der Waals surface area contributed by atoms with Crippen molar-refractivity contribution in [1.82, 2.24) is 15.0 Å². The molecule has 1 aromatic rings. The molecule has 1 saturated heterocycles. The summed E-state index contributed by atoms with van der Waals surface area (Å²) < 4.78 is 5.43. The van der Waals surface area contributed by atoms with Crippen molar-refractivity contribution in [3.63, 3.8) is 0 Å². The molecule has 6 nitrogen and oxygen atoms in total. The maximum Gasteiger partial charge on any atom is 0.250 e. The second kappa shape index (κ2) is 6.02. The van der Waals surface area contributed by atoms with E-state index in [1.807, 2.05) is 4.90 Å². The summed E-state index contributed by atoms with van der Waals surface area (Å²) in [6.45, 7) is 0. The molecule has 3 aliphatic rings. The third kappa shape index (κ3) is 2.53. The lowest BCUT2D eigenvalue weighted by Gasteiger charge is -2.34. The summed E-state index contributed by atoms with van der Waals surface area (Å²) in [5.74, 6) is 3.18. The second-order valence-corrected chi connectivity index (χ2v) is 7.42. The predicted octanol–water partition coefficient (Wildman–Crippen LogP) is 2.20. The van der Waals surface area contributed by atoms with Gasteiger partial charge in [0.05, 0.1) is 11.4 Å². The number of thioether (sulfide) groups is 1. The quantitative estimate of drug-likeness (QED) is 0.904. The molecule has 2 saturated carbocycles. The zero-order valence-electron chi connectivity index (χ0n) is 12.4. The summed E-state index contributed by atoms with van der Waals surface area (Å²) in [4.78, 5) is 18.9. The first-order valence-corrected chi connectivity index (χ1v) is 8.84. The number of hydrogen-bond donors (Lipinski definition) is 1. The predicted molar refractivity (Wildman–Crippen MR) is 85.5 cm³/mol. The van der Waals surface area contributed by atoms with Gasteiger partial charge in [-0.2, -0.15) is 4.98 Å². The van der Waals surface area contributed by atoms with Gasteiger partial charge in [0.25, 0.3) is 0 Å². The maximum atomic E-state index is 12.5. The van der Waals surface area contributed by atoms with Gasteiger partial charge < -0.3 is 15.2 Å². The van der Waals surface area contributed by atoms with Gasteiger partial charge in [0.15, 0.2) is 5.82 Å². The van der Waals surface area contributed by atoms with Gasteiger partial charge in [0.1, 0.15) is 6.04 Å². The van der Waals surface area contributed by atoms with E-state index >= 15 is 0 Å². The standard InChI is InChI=1S/C14H20N4O2S.ClH/c15-14(5-2-6-14)13-16-11(20-17-13)10-7-21-8-18(10)12(19)9-3-1-4-9;/h9-10H,1-8,15H2;1H. The van der Waals surface area contributed by atoms with E-state index in [1.54, 1.807) is 11.8 Å². The minimum absolute atomic E-state index is 0. The minimum atomic E-state index is -0.406. The molecule has 2 N–H and O–H groups in total.